The van der Waals surface area contributed by atoms with E-state index in [9.17, 15) is 13.2 Å². The molecule has 2 saturated heterocycles. The fourth-order valence-corrected chi connectivity index (χ4v) is 3.87. The summed E-state index contributed by atoms with van der Waals surface area (Å²) in [6, 6.07) is 2.04. The van der Waals surface area contributed by atoms with Gasteiger partial charge in [0.25, 0.3) is 0 Å². The fourth-order valence-electron chi connectivity index (χ4n) is 3.53. The minimum absolute atomic E-state index is 0.126. The van der Waals surface area contributed by atoms with Gasteiger partial charge in [-0.1, -0.05) is 0 Å². The van der Waals surface area contributed by atoms with Crippen LogP contribution in [0.5, 0.6) is 0 Å². The zero-order chi connectivity index (χ0) is 20.3. The van der Waals surface area contributed by atoms with Gasteiger partial charge < -0.3 is 14.7 Å². The summed E-state index contributed by atoms with van der Waals surface area (Å²) in [6.07, 6.45) is 4.77. The number of nitrogens with zero attached hydrogens (tertiary/aromatic N) is 6. The summed E-state index contributed by atoms with van der Waals surface area (Å²) in [5.74, 6) is 1.52. The predicted molar refractivity (Wildman–Crippen MR) is 109 cm³/mol. The summed E-state index contributed by atoms with van der Waals surface area (Å²) in [5.41, 5.74) is 0.943. The zero-order valence-electron chi connectivity index (χ0n) is 17.0. The Kier molecular flexibility index (Phi) is 6.39. The molecule has 1 amide bonds. The molecule has 0 radical (unpaired) electrons. The van der Waals surface area contributed by atoms with Crippen LogP contribution >= 0.6 is 0 Å². The monoisotopic (exact) mass is 410 g/mol. The van der Waals surface area contributed by atoms with Gasteiger partial charge in [0.1, 0.15) is 5.82 Å². The smallest absolute Gasteiger partial charge is 0.238 e. The third-order valence-corrected chi connectivity index (χ3v) is 6.61. The van der Waals surface area contributed by atoms with E-state index in [2.05, 4.69) is 14.8 Å². The van der Waals surface area contributed by atoms with Crippen LogP contribution < -0.4 is 9.80 Å². The summed E-state index contributed by atoms with van der Waals surface area (Å²) < 4.78 is 24.1. The number of anilines is 2. The fraction of sp³-hybridized carbons (Fsp3) is 0.722. The standard InChI is InChI=1S/C18H30N6O3S/c1-15-13-16(22-7-5-4-6-8-22)20-18(19-15)24-11-9-23(10-12-24)17(25)14-21(2)28(3,26)27/h13H,4-12,14H2,1-3H3. The number of piperidine rings is 1. The second kappa shape index (κ2) is 8.60. The quantitative estimate of drug-likeness (QED) is 0.690. The zero-order valence-corrected chi connectivity index (χ0v) is 17.8. The van der Waals surface area contributed by atoms with Crippen molar-refractivity contribution in [2.45, 2.75) is 26.2 Å². The van der Waals surface area contributed by atoms with E-state index in [1.807, 2.05) is 13.0 Å². The number of hydrogen-bond donors (Lipinski definition) is 0. The Morgan fingerprint density at radius 3 is 2.29 bits per heavy atom. The first kappa shape index (κ1) is 20.8. The Labute approximate surface area is 167 Å². The molecule has 0 bridgehead atoms. The molecule has 0 N–H and O–H groups in total. The van der Waals surface area contributed by atoms with E-state index < -0.39 is 10.0 Å². The number of amides is 1. The number of piperazine rings is 1. The average Bonchev–Trinajstić information content (AvgIpc) is 2.67. The Balaban J connectivity index is 1.61. The molecule has 156 valence electrons. The second-order valence-corrected chi connectivity index (χ2v) is 9.69. The van der Waals surface area contributed by atoms with Crippen molar-refractivity contribution in [3.63, 3.8) is 0 Å². The maximum absolute atomic E-state index is 12.4. The van der Waals surface area contributed by atoms with Crippen molar-refractivity contribution < 1.29 is 13.2 Å². The van der Waals surface area contributed by atoms with Crippen molar-refractivity contribution in [1.82, 2.24) is 19.2 Å². The lowest BCUT2D eigenvalue weighted by atomic mass is 10.1. The van der Waals surface area contributed by atoms with E-state index in [-0.39, 0.29) is 12.5 Å². The summed E-state index contributed by atoms with van der Waals surface area (Å²) in [4.78, 5) is 27.9. The van der Waals surface area contributed by atoms with Crippen LogP contribution in [0.2, 0.25) is 0 Å². The van der Waals surface area contributed by atoms with Gasteiger partial charge in [0, 0.05) is 58.1 Å². The first-order chi connectivity index (χ1) is 13.2. The Hall–Kier alpha value is -1.94. The second-order valence-electron chi connectivity index (χ2n) is 7.60. The van der Waals surface area contributed by atoms with Crippen molar-refractivity contribution in [3.8, 4) is 0 Å². The number of aryl methyl sites for hydroxylation is 1. The molecule has 3 heterocycles. The van der Waals surface area contributed by atoms with E-state index >= 15 is 0 Å². The number of hydrogen-bond acceptors (Lipinski definition) is 7. The molecular formula is C18H30N6O3S. The van der Waals surface area contributed by atoms with Crippen molar-refractivity contribution in [2.75, 3.05) is 68.9 Å². The van der Waals surface area contributed by atoms with Gasteiger partial charge in [-0.3, -0.25) is 4.79 Å². The third-order valence-electron chi connectivity index (χ3n) is 5.35. The van der Waals surface area contributed by atoms with Crippen LogP contribution in [0.3, 0.4) is 0 Å². The van der Waals surface area contributed by atoms with Crippen LogP contribution in [0.15, 0.2) is 6.07 Å². The first-order valence-corrected chi connectivity index (χ1v) is 11.6. The molecule has 0 saturated carbocycles. The molecule has 0 atom stereocenters. The van der Waals surface area contributed by atoms with E-state index in [1.165, 1.54) is 26.3 Å². The van der Waals surface area contributed by atoms with E-state index in [1.54, 1.807) is 4.90 Å². The number of likely N-dealkylation sites (N-methyl/N-ethyl adjacent to an activating group) is 1. The van der Waals surface area contributed by atoms with Crippen molar-refractivity contribution in [2.24, 2.45) is 0 Å². The lowest BCUT2D eigenvalue weighted by molar-refractivity contribution is -0.131. The highest BCUT2D eigenvalue weighted by molar-refractivity contribution is 7.88. The molecule has 2 aliphatic rings. The van der Waals surface area contributed by atoms with E-state index in [0.717, 1.165) is 35.2 Å². The average molecular weight is 411 g/mol. The van der Waals surface area contributed by atoms with Crippen LogP contribution in [0.4, 0.5) is 11.8 Å². The summed E-state index contributed by atoms with van der Waals surface area (Å²) >= 11 is 0. The Morgan fingerprint density at radius 2 is 1.68 bits per heavy atom. The van der Waals surface area contributed by atoms with Crippen molar-refractivity contribution in [1.29, 1.82) is 0 Å². The summed E-state index contributed by atoms with van der Waals surface area (Å²) in [6.45, 7) is 6.27. The summed E-state index contributed by atoms with van der Waals surface area (Å²) in [7, 11) is -1.94. The third kappa shape index (κ3) is 5.11. The highest BCUT2D eigenvalue weighted by Gasteiger charge is 2.26. The molecule has 0 spiro atoms. The molecule has 1 aromatic rings. The van der Waals surface area contributed by atoms with Gasteiger partial charge in [-0.15, -0.1) is 0 Å². The SMILES string of the molecule is Cc1cc(N2CCCCC2)nc(N2CCN(C(=O)CN(C)S(C)(=O)=O)CC2)n1. The van der Waals surface area contributed by atoms with Crippen LogP contribution in [0.25, 0.3) is 0 Å². The molecule has 9 nitrogen and oxygen atoms in total. The van der Waals surface area contributed by atoms with Gasteiger partial charge >= 0.3 is 0 Å². The van der Waals surface area contributed by atoms with Gasteiger partial charge in [0.05, 0.1) is 12.8 Å². The molecule has 0 aromatic carbocycles. The maximum Gasteiger partial charge on any atom is 0.238 e. The molecule has 1 aromatic heterocycles. The van der Waals surface area contributed by atoms with Crippen LogP contribution in [-0.2, 0) is 14.8 Å². The van der Waals surface area contributed by atoms with E-state index in [4.69, 9.17) is 4.98 Å². The van der Waals surface area contributed by atoms with Crippen molar-refractivity contribution in [3.05, 3.63) is 11.8 Å². The highest BCUT2D eigenvalue weighted by Crippen LogP contribution is 2.22. The number of sulfonamides is 1. The Bertz CT molecular complexity index is 802. The van der Waals surface area contributed by atoms with Gasteiger partial charge in [-0.25, -0.2) is 13.4 Å². The topological polar surface area (TPSA) is 90.0 Å². The molecule has 2 fully saturated rings. The molecule has 28 heavy (non-hydrogen) atoms. The Morgan fingerprint density at radius 1 is 1.04 bits per heavy atom. The van der Waals surface area contributed by atoms with Crippen LogP contribution in [-0.4, -0.2) is 92.6 Å². The predicted octanol–water partition coefficient (Wildman–Crippen LogP) is 0.315. The molecule has 0 aliphatic carbocycles. The minimum Gasteiger partial charge on any atom is -0.356 e. The molecule has 10 heteroatoms. The number of rotatable bonds is 5. The first-order valence-electron chi connectivity index (χ1n) is 9.79. The van der Waals surface area contributed by atoms with Gasteiger partial charge in [0.15, 0.2) is 0 Å². The summed E-state index contributed by atoms with van der Waals surface area (Å²) in [5, 5.41) is 0. The maximum atomic E-state index is 12.4. The highest BCUT2D eigenvalue weighted by atomic mass is 32.2. The van der Waals surface area contributed by atoms with E-state index in [0.29, 0.717) is 32.1 Å². The normalized spacial score (nSPS) is 18.6. The van der Waals surface area contributed by atoms with Gasteiger partial charge in [0.2, 0.25) is 21.9 Å². The molecule has 3 rings (SSSR count). The van der Waals surface area contributed by atoms with Crippen LogP contribution in [0.1, 0.15) is 25.0 Å². The minimum atomic E-state index is -3.36. The largest absolute Gasteiger partial charge is 0.356 e. The van der Waals surface area contributed by atoms with Crippen molar-refractivity contribution >= 4 is 27.7 Å². The van der Waals surface area contributed by atoms with Crippen LogP contribution in [0, 0.1) is 6.92 Å². The molecule has 0 unspecified atom stereocenters. The van der Waals surface area contributed by atoms with Gasteiger partial charge in [-0.05, 0) is 26.2 Å². The number of aromatic nitrogens is 2. The number of carbonyl (C=O) groups excluding carboxylic acids is 1. The lowest BCUT2D eigenvalue weighted by Crippen LogP contribution is -2.51. The molecule has 2 aliphatic heterocycles. The molecular weight excluding hydrogens is 380 g/mol. The lowest BCUT2D eigenvalue weighted by Gasteiger charge is -2.36. The van der Waals surface area contributed by atoms with Gasteiger partial charge in [-0.2, -0.15) is 9.29 Å². The number of carbonyl (C=O) groups is 1.